The molecule has 30 heavy (non-hydrogen) atoms. The molecular formula is C27H29F3. The minimum Gasteiger partial charge on any atom is -0.204 e. The first kappa shape index (κ1) is 21.0. The van der Waals surface area contributed by atoms with Crippen molar-refractivity contribution in [3.63, 3.8) is 0 Å². The van der Waals surface area contributed by atoms with Gasteiger partial charge in [-0.1, -0.05) is 62.2 Å². The number of aryl methyl sites for hydroxylation is 1. The second-order valence-electron chi connectivity index (χ2n) is 8.71. The molecule has 0 heterocycles. The van der Waals surface area contributed by atoms with Crippen LogP contribution < -0.4 is 0 Å². The van der Waals surface area contributed by atoms with Gasteiger partial charge in [-0.05, 0) is 78.5 Å². The van der Waals surface area contributed by atoms with E-state index in [4.69, 9.17) is 0 Å². The number of unbranched alkanes of at least 4 members (excludes halogenated alkanes) is 2. The lowest BCUT2D eigenvalue weighted by atomic mass is 9.76. The van der Waals surface area contributed by atoms with Gasteiger partial charge in [0.1, 0.15) is 0 Å². The van der Waals surface area contributed by atoms with E-state index in [9.17, 15) is 13.2 Å². The van der Waals surface area contributed by atoms with Crippen molar-refractivity contribution in [2.75, 3.05) is 0 Å². The molecule has 1 fully saturated rings. The Morgan fingerprint density at radius 2 is 1.37 bits per heavy atom. The molecule has 158 valence electrons. The zero-order valence-electron chi connectivity index (χ0n) is 17.6. The molecular weight excluding hydrogens is 381 g/mol. The highest BCUT2D eigenvalue weighted by Crippen LogP contribution is 2.41. The van der Waals surface area contributed by atoms with Gasteiger partial charge in [0, 0.05) is 5.39 Å². The quantitative estimate of drug-likeness (QED) is 0.282. The Balaban J connectivity index is 1.41. The Morgan fingerprint density at radius 3 is 2.03 bits per heavy atom. The van der Waals surface area contributed by atoms with E-state index in [2.05, 4.69) is 31.2 Å². The highest BCUT2D eigenvalue weighted by atomic mass is 19.2. The summed E-state index contributed by atoms with van der Waals surface area (Å²) in [6, 6.07) is 15.5. The molecule has 4 rings (SSSR count). The van der Waals surface area contributed by atoms with E-state index in [1.165, 1.54) is 30.4 Å². The zero-order valence-corrected chi connectivity index (χ0v) is 17.6. The van der Waals surface area contributed by atoms with Crippen LogP contribution in [-0.4, -0.2) is 0 Å². The molecule has 0 atom stereocenters. The molecule has 0 nitrogen and oxygen atoms in total. The Kier molecular flexibility index (Phi) is 6.46. The van der Waals surface area contributed by atoms with E-state index in [0.29, 0.717) is 17.2 Å². The summed E-state index contributed by atoms with van der Waals surface area (Å²) >= 11 is 0. The topological polar surface area (TPSA) is 0 Å². The maximum absolute atomic E-state index is 14.0. The van der Waals surface area contributed by atoms with Gasteiger partial charge >= 0.3 is 0 Å². The molecule has 3 aromatic carbocycles. The molecule has 0 saturated heterocycles. The Labute approximate surface area is 177 Å². The molecule has 0 amide bonds. The molecule has 0 radical (unpaired) electrons. The van der Waals surface area contributed by atoms with Gasteiger partial charge in [0.15, 0.2) is 17.5 Å². The van der Waals surface area contributed by atoms with Crippen molar-refractivity contribution < 1.29 is 13.2 Å². The normalized spacial score (nSPS) is 19.3. The van der Waals surface area contributed by atoms with Crippen LogP contribution in [0.1, 0.15) is 80.4 Å². The molecule has 0 aromatic heterocycles. The summed E-state index contributed by atoms with van der Waals surface area (Å²) in [6.45, 7) is 2.23. The minimum absolute atomic E-state index is 0.144. The highest BCUT2D eigenvalue weighted by molar-refractivity contribution is 5.84. The second kappa shape index (κ2) is 9.24. The number of rotatable bonds is 6. The van der Waals surface area contributed by atoms with Crippen LogP contribution in [0, 0.1) is 17.5 Å². The number of hydrogen-bond donors (Lipinski definition) is 0. The molecule has 1 aliphatic carbocycles. The standard InChI is InChI=1S/C27H29F3/c1-2-3-4-5-18-6-8-19(9-7-18)20-10-12-21(13-11-20)22-14-15-24-23(16-22)17-25(28)27(30)26(24)29/h6-9,14-17,20-21H,2-5,10-13H2,1H3. The highest BCUT2D eigenvalue weighted by Gasteiger charge is 2.24. The number of hydrogen-bond acceptors (Lipinski definition) is 0. The van der Waals surface area contributed by atoms with Crippen molar-refractivity contribution in [2.24, 2.45) is 0 Å². The van der Waals surface area contributed by atoms with Gasteiger partial charge < -0.3 is 0 Å². The predicted molar refractivity (Wildman–Crippen MR) is 117 cm³/mol. The van der Waals surface area contributed by atoms with Crippen molar-refractivity contribution in [2.45, 2.75) is 70.1 Å². The monoisotopic (exact) mass is 410 g/mol. The van der Waals surface area contributed by atoms with Gasteiger partial charge in [-0.3, -0.25) is 0 Å². The molecule has 0 unspecified atom stereocenters. The third-order valence-corrected chi connectivity index (χ3v) is 6.72. The summed E-state index contributed by atoms with van der Waals surface area (Å²) in [6.07, 6.45) is 9.30. The van der Waals surface area contributed by atoms with Gasteiger partial charge in [0.25, 0.3) is 0 Å². The van der Waals surface area contributed by atoms with Crippen molar-refractivity contribution >= 4 is 10.8 Å². The van der Waals surface area contributed by atoms with Gasteiger partial charge in [-0.2, -0.15) is 0 Å². The van der Waals surface area contributed by atoms with E-state index in [-0.39, 0.29) is 5.39 Å². The largest absolute Gasteiger partial charge is 0.204 e. The average molecular weight is 411 g/mol. The van der Waals surface area contributed by atoms with Crippen molar-refractivity contribution in [1.29, 1.82) is 0 Å². The maximum atomic E-state index is 14.0. The van der Waals surface area contributed by atoms with E-state index in [1.807, 2.05) is 12.1 Å². The van der Waals surface area contributed by atoms with Crippen LogP contribution in [0.4, 0.5) is 13.2 Å². The summed E-state index contributed by atoms with van der Waals surface area (Å²) in [4.78, 5) is 0. The van der Waals surface area contributed by atoms with E-state index < -0.39 is 17.5 Å². The Morgan fingerprint density at radius 1 is 0.733 bits per heavy atom. The number of halogens is 3. The molecule has 1 saturated carbocycles. The van der Waals surface area contributed by atoms with Gasteiger partial charge in [-0.25, -0.2) is 13.2 Å². The van der Waals surface area contributed by atoms with E-state index >= 15 is 0 Å². The summed E-state index contributed by atoms with van der Waals surface area (Å²) in [5, 5.41) is 0.579. The first-order valence-electron chi connectivity index (χ1n) is 11.2. The van der Waals surface area contributed by atoms with Crippen LogP contribution in [-0.2, 0) is 6.42 Å². The lowest BCUT2D eigenvalue weighted by molar-refractivity contribution is 0.396. The van der Waals surface area contributed by atoms with Crippen LogP contribution in [0.3, 0.4) is 0 Å². The molecule has 0 aliphatic heterocycles. The van der Waals surface area contributed by atoms with Crippen molar-refractivity contribution in [1.82, 2.24) is 0 Å². The molecule has 3 aromatic rings. The number of fused-ring (bicyclic) bond motifs is 1. The SMILES string of the molecule is CCCCCc1ccc(C2CCC(c3ccc4c(F)c(F)c(F)cc4c3)CC2)cc1. The van der Waals surface area contributed by atoms with Gasteiger partial charge in [-0.15, -0.1) is 0 Å². The summed E-state index contributed by atoms with van der Waals surface area (Å²) in [7, 11) is 0. The molecule has 1 aliphatic rings. The maximum Gasteiger partial charge on any atom is 0.195 e. The van der Waals surface area contributed by atoms with Crippen molar-refractivity contribution in [3.05, 3.63) is 82.7 Å². The molecule has 0 bridgehead atoms. The van der Waals surface area contributed by atoms with Crippen LogP contribution in [0.25, 0.3) is 10.8 Å². The van der Waals surface area contributed by atoms with Crippen LogP contribution in [0.15, 0.2) is 48.5 Å². The molecule has 0 spiro atoms. The molecule has 3 heteroatoms. The summed E-state index contributed by atoms with van der Waals surface area (Å²) in [5.74, 6) is -2.66. The third-order valence-electron chi connectivity index (χ3n) is 6.72. The summed E-state index contributed by atoms with van der Waals surface area (Å²) in [5.41, 5.74) is 3.94. The second-order valence-corrected chi connectivity index (χ2v) is 8.71. The van der Waals surface area contributed by atoms with Crippen LogP contribution in [0.5, 0.6) is 0 Å². The van der Waals surface area contributed by atoms with E-state index in [1.54, 1.807) is 6.07 Å². The first-order valence-corrected chi connectivity index (χ1v) is 11.2. The number of benzene rings is 3. The zero-order chi connectivity index (χ0) is 21.1. The Bertz CT molecular complexity index is 999. The van der Waals surface area contributed by atoms with Gasteiger partial charge in [0.2, 0.25) is 0 Å². The van der Waals surface area contributed by atoms with Crippen molar-refractivity contribution in [3.8, 4) is 0 Å². The fourth-order valence-electron chi connectivity index (χ4n) is 4.87. The fraction of sp³-hybridized carbons (Fsp3) is 0.407. The lowest BCUT2D eigenvalue weighted by Gasteiger charge is -2.29. The van der Waals surface area contributed by atoms with Crippen LogP contribution >= 0.6 is 0 Å². The first-order chi connectivity index (χ1) is 14.6. The molecule has 0 N–H and O–H groups in total. The summed E-state index contributed by atoms with van der Waals surface area (Å²) < 4.78 is 41.1. The van der Waals surface area contributed by atoms with Gasteiger partial charge in [0.05, 0.1) is 0 Å². The van der Waals surface area contributed by atoms with E-state index in [0.717, 1.165) is 43.7 Å². The Hall–Kier alpha value is -2.29. The third kappa shape index (κ3) is 4.40. The lowest BCUT2D eigenvalue weighted by Crippen LogP contribution is -2.12. The average Bonchev–Trinajstić information content (AvgIpc) is 2.78. The van der Waals surface area contributed by atoms with Crippen LogP contribution in [0.2, 0.25) is 0 Å². The predicted octanol–water partition coefficient (Wildman–Crippen LogP) is 8.43. The smallest absolute Gasteiger partial charge is 0.195 e. The minimum atomic E-state index is -1.40. The fourth-order valence-corrected chi connectivity index (χ4v) is 4.87.